The number of nitrogens with zero attached hydrogens (tertiary/aromatic N) is 2. The molecule has 6 nitrogen and oxygen atoms in total. The second-order valence-corrected chi connectivity index (χ2v) is 7.06. The monoisotopic (exact) mass is 385 g/mol. The summed E-state index contributed by atoms with van der Waals surface area (Å²) in [5.41, 5.74) is 2.09. The van der Waals surface area contributed by atoms with Gasteiger partial charge >= 0.3 is 0 Å². The van der Waals surface area contributed by atoms with Gasteiger partial charge in [0.15, 0.2) is 0 Å². The van der Waals surface area contributed by atoms with E-state index in [0.717, 1.165) is 5.56 Å². The molecule has 0 spiro atoms. The lowest BCUT2D eigenvalue weighted by Gasteiger charge is -2.16. The third kappa shape index (κ3) is 4.28. The van der Waals surface area contributed by atoms with Gasteiger partial charge in [-0.1, -0.05) is 23.7 Å². The molecule has 1 atom stereocenters. The van der Waals surface area contributed by atoms with E-state index in [0.29, 0.717) is 16.3 Å². The first-order valence-electron chi connectivity index (χ1n) is 8.52. The molecule has 0 aliphatic carbocycles. The molecule has 27 heavy (non-hydrogen) atoms. The van der Waals surface area contributed by atoms with E-state index in [1.807, 2.05) is 0 Å². The average molecular weight is 386 g/mol. The van der Waals surface area contributed by atoms with Crippen molar-refractivity contribution in [2.24, 2.45) is 0 Å². The van der Waals surface area contributed by atoms with Gasteiger partial charge in [-0.05, 0) is 42.0 Å². The van der Waals surface area contributed by atoms with E-state index in [2.05, 4.69) is 5.32 Å². The number of rotatable bonds is 5. The Kier molecular flexibility index (Phi) is 5.46. The molecule has 1 aliphatic rings. The molecular weight excluding hydrogens is 366 g/mol. The minimum absolute atomic E-state index is 0.0946. The maximum absolute atomic E-state index is 12.6. The number of likely N-dealkylation sites (tertiary alicyclic amines) is 1. The van der Waals surface area contributed by atoms with Crippen molar-refractivity contribution >= 4 is 35.0 Å². The molecule has 0 aromatic heterocycles. The highest BCUT2D eigenvalue weighted by Gasteiger charge is 2.38. The Balaban J connectivity index is 1.66. The van der Waals surface area contributed by atoms with Crippen LogP contribution in [-0.4, -0.2) is 47.7 Å². The Morgan fingerprint density at radius 3 is 2.33 bits per heavy atom. The fourth-order valence-corrected chi connectivity index (χ4v) is 3.03. The number of carbonyl (C=O) groups excluding carboxylic acids is 3. The Hall–Kier alpha value is -2.86. The van der Waals surface area contributed by atoms with Crippen LogP contribution in [0.1, 0.15) is 22.3 Å². The van der Waals surface area contributed by atoms with Gasteiger partial charge in [-0.15, -0.1) is 0 Å². The fourth-order valence-electron chi connectivity index (χ4n) is 2.90. The summed E-state index contributed by atoms with van der Waals surface area (Å²) in [5, 5.41) is 3.69. The van der Waals surface area contributed by atoms with Crippen LogP contribution in [0.25, 0.3) is 0 Å². The molecule has 1 heterocycles. The molecule has 1 N–H and O–H groups in total. The topological polar surface area (TPSA) is 69.7 Å². The molecule has 2 aromatic rings. The third-order valence-corrected chi connectivity index (χ3v) is 4.63. The van der Waals surface area contributed by atoms with Gasteiger partial charge < -0.3 is 10.2 Å². The summed E-state index contributed by atoms with van der Waals surface area (Å²) in [6, 6.07) is 13.3. The number of imide groups is 1. The van der Waals surface area contributed by atoms with E-state index in [-0.39, 0.29) is 30.7 Å². The molecule has 0 bridgehead atoms. The van der Waals surface area contributed by atoms with Crippen LogP contribution in [0.2, 0.25) is 5.02 Å². The van der Waals surface area contributed by atoms with Crippen molar-refractivity contribution in [1.82, 2.24) is 9.80 Å². The Morgan fingerprint density at radius 1 is 1.11 bits per heavy atom. The van der Waals surface area contributed by atoms with E-state index in [1.54, 1.807) is 62.6 Å². The zero-order chi connectivity index (χ0) is 19.6. The lowest BCUT2D eigenvalue weighted by Crippen LogP contribution is -2.34. The summed E-state index contributed by atoms with van der Waals surface area (Å²) < 4.78 is 0. The van der Waals surface area contributed by atoms with Crippen LogP contribution >= 0.6 is 11.6 Å². The van der Waals surface area contributed by atoms with Crippen molar-refractivity contribution in [2.45, 2.75) is 19.0 Å². The molecule has 3 rings (SSSR count). The van der Waals surface area contributed by atoms with Crippen LogP contribution in [-0.2, 0) is 16.1 Å². The molecule has 1 saturated heterocycles. The highest BCUT2D eigenvalue weighted by atomic mass is 35.5. The maximum atomic E-state index is 12.6. The van der Waals surface area contributed by atoms with E-state index < -0.39 is 6.04 Å². The number of hydrogen-bond donors (Lipinski definition) is 1. The van der Waals surface area contributed by atoms with Crippen LogP contribution in [0.3, 0.4) is 0 Å². The number of hydrogen-bond acceptors (Lipinski definition) is 4. The Bertz CT molecular complexity index is 863. The van der Waals surface area contributed by atoms with Gasteiger partial charge in [-0.3, -0.25) is 19.3 Å². The summed E-state index contributed by atoms with van der Waals surface area (Å²) in [6.07, 6.45) is 0.102. The van der Waals surface area contributed by atoms with Gasteiger partial charge in [0.05, 0.1) is 13.0 Å². The standard InChI is InChI=1S/C20H20ClN3O3/c1-23(2)19(26)14-5-9-16(10-6-14)22-17-11-18(25)24(20(17)27)12-13-3-7-15(21)8-4-13/h3-10,17,22H,11-12H2,1-2H3/t17-/m0/s1. The molecule has 3 amide bonds. The molecule has 140 valence electrons. The number of halogens is 1. The zero-order valence-electron chi connectivity index (χ0n) is 15.1. The molecule has 2 aromatic carbocycles. The number of amides is 3. The molecular formula is C20H20ClN3O3. The second-order valence-electron chi connectivity index (χ2n) is 6.62. The molecule has 0 unspecified atom stereocenters. The summed E-state index contributed by atoms with van der Waals surface area (Å²) >= 11 is 5.87. The van der Waals surface area contributed by atoms with Crippen LogP contribution in [0, 0.1) is 0 Å². The third-order valence-electron chi connectivity index (χ3n) is 4.38. The van der Waals surface area contributed by atoms with E-state index >= 15 is 0 Å². The van der Waals surface area contributed by atoms with Crippen molar-refractivity contribution in [3.8, 4) is 0 Å². The molecule has 7 heteroatoms. The van der Waals surface area contributed by atoms with Gasteiger partial charge in [-0.25, -0.2) is 0 Å². The van der Waals surface area contributed by atoms with Gasteiger partial charge in [0.1, 0.15) is 6.04 Å². The highest BCUT2D eigenvalue weighted by molar-refractivity contribution is 6.30. The summed E-state index contributed by atoms with van der Waals surface area (Å²) in [5.74, 6) is -0.571. The summed E-state index contributed by atoms with van der Waals surface area (Å²) in [7, 11) is 3.37. The minimum Gasteiger partial charge on any atom is -0.373 e. The minimum atomic E-state index is -0.611. The normalized spacial score (nSPS) is 16.6. The first-order chi connectivity index (χ1) is 12.8. The van der Waals surface area contributed by atoms with E-state index in [1.165, 1.54) is 9.80 Å². The molecule has 1 aliphatic heterocycles. The number of carbonyl (C=O) groups is 3. The number of anilines is 1. The van der Waals surface area contributed by atoms with Crippen LogP contribution in [0.15, 0.2) is 48.5 Å². The van der Waals surface area contributed by atoms with Crippen molar-refractivity contribution in [1.29, 1.82) is 0 Å². The summed E-state index contributed by atoms with van der Waals surface area (Å²) in [4.78, 5) is 39.6. The van der Waals surface area contributed by atoms with E-state index in [4.69, 9.17) is 11.6 Å². The van der Waals surface area contributed by atoms with Crippen molar-refractivity contribution < 1.29 is 14.4 Å². The molecule has 0 saturated carbocycles. The first-order valence-corrected chi connectivity index (χ1v) is 8.90. The SMILES string of the molecule is CN(C)C(=O)c1ccc(N[C@H]2CC(=O)N(Cc3ccc(Cl)cc3)C2=O)cc1. The quantitative estimate of drug-likeness (QED) is 0.803. The fraction of sp³-hybridized carbons (Fsp3) is 0.250. The molecule has 0 radical (unpaired) electrons. The summed E-state index contributed by atoms with van der Waals surface area (Å²) in [6.45, 7) is 0.225. The van der Waals surface area contributed by atoms with Crippen LogP contribution < -0.4 is 5.32 Å². The van der Waals surface area contributed by atoms with Crippen LogP contribution in [0.4, 0.5) is 5.69 Å². The lowest BCUT2D eigenvalue weighted by atomic mass is 10.1. The zero-order valence-corrected chi connectivity index (χ0v) is 15.9. The average Bonchev–Trinajstić information content (AvgIpc) is 2.91. The van der Waals surface area contributed by atoms with Gasteiger partial charge in [-0.2, -0.15) is 0 Å². The van der Waals surface area contributed by atoms with E-state index in [9.17, 15) is 14.4 Å². The molecule has 1 fully saturated rings. The largest absolute Gasteiger partial charge is 0.373 e. The van der Waals surface area contributed by atoms with Crippen LogP contribution in [0.5, 0.6) is 0 Å². The van der Waals surface area contributed by atoms with Crippen molar-refractivity contribution in [3.05, 3.63) is 64.7 Å². The second kappa shape index (κ2) is 7.80. The highest BCUT2D eigenvalue weighted by Crippen LogP contribution is 2.22. The number of nitrogens with one attached hydrogen (secondary N) is 1. The smallest absolute Gasteiger partial charge is 0.253 e. The maximum Gasteiger partial charge on any atom is 0.253 e. The van der Waals surface area contributed by atoms with Gasteiger partial charge in [0.25, 0.3) is 11.8 Å². The predicted molar refractivity (Wildman–Crippen MR) is 103 cm³/mol. The lowest BCUT2D eigenvalue weighted by molar-refractivity contribution is -0.139. The Morgan fingerprint density at radius 2 is 1.74 bits per heavy atom. The predicted octanol–water partition coefficient (Wildman–Crippen LogP) is 2.78. The van der Waals surface area contributed by atoms with Gasteiger partial charge in [0.2, 0.25) is 5.91 Å². The number of benzene rings is 2. The Labute approximate surface area is 162 Å². The van der Waals surface area contributed by atoms with Gasteiger partial charge in [0, 0.05) is 30.4 Å². The van der Waals surface area contributed by atoms with Crippen molar-refractivity contribution in [3.63, 3.8) is 0 Å². The first kappa shape index (κ1) is 18.9. The van der Waals surface area contributed by atoms with Crippen molar-refractivity contribution in [2.75, 3.05) is 19.4 Å².